The number of aryl methyl sites for hydroxylation is 1. The Kier molecular flexibility index (Phi) is 4.43. The predicted octanol–water partition coefficient (Wildman–Crippen LogP) is 3.36. The average molecular weight is 283 g/mol. The topological polar surface area (TPSA) is 60.2 Å². The molecule has 0 spiro atoms. The van der Waals surface area contributed by atoms with E-state index in [-0.39, 0.29) is 0 Å². The van der Waals surface area contributed by atoms with Crippen LogP contribution < -0.4 is 15.8 Å². The summed E-state index contributed by atoms with van der Waals surface area (Å²) in [6.07, 6.45) is 1.09. The van der Waals surface area contributed by atoms with Crippen molar-refractivity contribution in [3.8, 4) is 5.75 Å². The Balaban J connectivity index is 2.01. The first-order chi connectivity index (χ1) is 8.74. The van der Waals surface area contributed by atoms with Gasteiger partial charge in [-0.25, -0.2) is 0 Å². The number of nitrogens with two attached hydrogens (primary N) is 1. The van der Waals surface area contributed by atoms with Crippen molar-refractivity contribution >= 4 is 33.7 Å². The molecular weight excluding hydrogens is 266 g/mol. The SMILES string of the molecule is CCOc1c(N)nsc1NCc1ccc(CC)s1. The van der Waals surface area contributed by atoms with Crippen LogP contribution in [0, 0.1) is 0 Å². The lowest BCUT2D eigenvalue weighted by Gasteiger charge is -2.06. The highest BCUT2D eigenvalue weighted by molar-refractivity contribution is 7.12. The van der Waals surface area contributed by atoms with Crippen molar-refractivity contribution in [2.45, 2.75) is 26.8 Å². The summed E-state index contributed by atoms with van der Waals surface area (Å²) in [5.41, 5.74) is 5.76. The van der Waals surface area contributed by atoms with E-state index in [0.717, 1.165) is 18.0 Å². The summed E-state index contributed by atoms with van der Waals surface area (Å²) in [6.45, 7) is 5.48. The number of hydrogen-bond donors (Lipinski definition) is 2. The van der Waals surface area contributed by atoms with Gasteiger partial charge >= 0.3 is 0 Å². The van der Waals surface area contributed by atoms with Gasteiger partial charge in [-0.1, -0.05) is 6.92 Å². The molecule has 0 fully saturated rings. The highest BCUT2D eigenvalue weighted by Crippen LogP contribution is 2.35. The molecule has 0 unspecified atom stereocenters. The average Bonchev–Trinajstić information content (AvgIpc) is 2.96. The summed E-state index contributed by atoms with van der Waals surface area (Å²) in [7, 11) is 0. The van der Waals surface area contributed by atoms with Gasteiger partial charge in [-0.2, -0.15) is 4.37 Å². The molecule has 2 aromatic heterocycles. The number of anilines is 2. The molecule has 0 atom stereocenters. The first kappa shape index (κ1) is 13.2. The number of nitrogen functional groups attached to an aromatic ring is 1. The van der Waals surface area contributed by atoms with E-state index in [2.05, 4.69) is 28.7 Å². The van der Waals surface area contributed by atoms with Gasteiger partial charge in [-0.15, -0.1) is 11.3 Å². The summed E-state index contributed by atoms with van der Waals surface area (Å²) >= 11 is 3.17. The quantitative estimate of drug-likeness (QED) is 0.853. The summed E-state index contributed by atoms with van der Waals surface area (Å²) in [4.78, 5) is 2.71. The molecule has 2 heterocycles. The molecule has 2 aromatic rings. The largest absolute Gasteiger partial charge is 0.487 e. The van der Waals surface area contributed by atoms with Crippen molar-refractivity contribution in [1.82, 2.24) is 4.37 Å². The van der Waals surface area contributed by atoms with Gasteiger partial charge < -0.3 is 15.8 Å². The van der Waals surface area contributed by atoms with Gasteiger partial charge in [0.15, 0.2) is 16.6 Å². The molecule has 4 nitrogen and oxygen atoms in total. The molecule has 2 rings (SSSR count). The Morgan fingerprint density at radius 2 is 2.11 bits per heavy atom. The second kappa shape index (κ2) is 6.06. The summed E-state index contributed by atoms with van der Waals surface area (Å²) in [5.74, 6) is 1.14. The third-order valence-corrected chi connectivity index (χ3v) is 4.48. The normalized spacial score (nSPS) is 10.6. The van der Waals surface area contributed by atoms with E-state index in [1.54, 1.807) is 0 Å². The molecule has 0 aliphatic rings. The van der Waals surface area contributed by atoms with Crippen LogP contribution in [0.5, 0.6) is 5.75 Å². The van der Waals surface area contributed by atoms with Crippen molar-refractivity contribution in [2.24, 2.45) is 0 Å². The molecular formula is C12H17N3OS2. The van der Waals surface area contributed by atoms with Crippen LogP contribution in [0.3, 0.4) is 0 Å². The van der Waals surface area contributed by atoms with Crippen LogP contribution in [0.25, 0.3) is 0 Å². The minimum atomic E-state index is 0.463. The Bertz CT molecular complexity index is 507. The van der Waals surface area contributed by atoms with Crippen molar-refractivity contribution in [1.29, 1.82) is 0 Å². The maximum atomic E-state index is 5.76. The van der Waals surface area contributed by atoms with Crippen LogP contribution in [0.15, 0.2) is 12.1 Å². The number of ether oxygens (including phenoxy) is 1. The Labute approximate surface area is 115 Å². The highest BCUT2D eigenvalue weighted by atomic mass is 32.1. The Morgan fingerprint density at radius 1 is 1.33 bits per heavy atom. The van der Waals surface area contributed by atoms with Crippen molar-refractivity contribution in [3.05, 3.63) is 21.9 Å². The second-order valence-corrected chi connectivity index (χ2v) is 5.76. The number of nitrogens with zero attached hydrogens (tertiary/aromatic N) is 1. The third kappa shape index (κ3) is 2.94. The van der Waals surface area contributed by atoms with Crippen LogP contribution in [-0.2, 0) is 13.0 Å². The zero-order valence-corrected chi connectivity index (χ0v) is 12.2. The Morgan fingerprint density at radius 3 is 2.78 bits per heavy atom. The maximum absolute atomic E-state index is 5.76. The third-order valence-electron chi connectivity index (χ3n) is 2.45. The van der Waals surface area contributed by atoms with Gasteiger partial charge in [0.25, 0.3) is 0 Å². The van der Waals surface area contributed by atoms with Crippen LogP contribution in [0.4, 0.5) is 10.8 Å². The van der Waals surface area contributed by atoms with Crippen LogP contribution in [0.1, 0.15) is 23.6 Å². The molecule has 0 radical (unpaired) electrons. The van der Waals surface area contributed by atoms with E-state index in [4.69, 9.17) is 10.5 Å². The number of thiophene rings is 1. The minimum absolute atomic E-state index is 0.463. The Hall–Kier alpha value is -1.27. The number of nitrogens with one attached hydrogen (secondary N) is 1. The van der Waals surface area contributed by atoms with Gasteiger partial charge in [0.05, 0.1) is 13.2 Å². The number of hydrogen-bond acceptors (Lipinski definition) is 6. The van der Waals surface area contributed by atoms with Crippen molar-refractivity contribution in [2.75, 3.05) is 17.7 Å². The zero-order chi connectivity index (χ0) is 13.0. The molecule has 0 saturated carbocycles. The van der Waals surface area contributed by atoms with Gasteiger partial charge in [0.1, 0.15) is 0 Å². The molecule has 18 heavy (non-hydrogen) atoms. The maximum Gasteiger partial charge on any atom is 0.197 e. The zero-order valence-electron chi connectivity index (χ0n) is 10.5. The molecule has 0 aliphatic carbocycles. The summed E-state index contributed by atoms with van der Waals surface area (Å²) < 4.78 is 9.59. The molecule has 0 bridgehead atoms. The van der Waals surface area contributed by atoms with E-state index < -0.39 is 0 Å². The van der Waals surface area contributed by atoms with Crippen LogP contribution in [-0.4, -0.2) is 11.0 Å². The summed E-state index contributed by atoms with van der Waals surface area (Å²) in [5, 5.41) is 4.24. The minimum Gasteiger partial charge on any atom is -0.487 e. The fraction of sp³-hybridized carbons (Fsp3) is 0.417. The fourth-order valence-electron chi connectivity index (χ4n) is 1.57. The van der Waals surface area contributed by atoms with E-state index in [9.17, 15) is 0 Å². The standard InChI is InChI=1S/C12H17N3OS2/c1-3-8-5-6-9(17-8)7-14-12-10(16-4-2)11(13)15-18-12/h5-6,14H,3-4,7H2,1-2H3,(H2,13,15). The molecule has 0 aliphatic heterocycles. The lowest BCUT2D eigenvalue weighted by Crippen LogP contribution is -2.00. The first-order valence-corrected chi connectivity index (χ1v) is 7.53. The number of aromatic nitrogens is 1. The smallest absolute Gasteiger partial charge is 0.197 e. The number of rotatable bonds is 6. The van der Waals surface area contributed by atoms with Gasteiger partial charge in [-0.05, 0) is 37.0 Å². The summed E-state index contributed by atoms with van der Waals surface area (Å²) in [6, 6.07) is 4.33. The van der Waals surface area contributed by atoms with Crippen LogP contribution in [0.2, 0.25) is 0 Å². The fourth-order valence-corrected chi connectivity index (χ4v) is 3.12. The van der Waals surface area contributed by atoms with E-state index in [0.29, 0.717) is 18.2 Å². The molecule has 3 N–H and O–H groups in total. The second-order valence-electron chi connectivity index (χ2n) is 3.73. The molecule has 6 heteroatoms. The monoisotopic (exact) mass is 283 g/mol. The van der Waals surface area contributed by atoms with Crippen LogP contribution >= 0.6 is 22.9 Å². The van der Waals surface area contributed by atoms with E-state index >= 15 is 0 Å². The van der Waals surface area contributed by atoms with E-state index in [1.807, 2.05) is 18.3 Å². The van der Waals surface area contributed by atoms with Gasteiger partial charge in [0, 0.05) is 9.75 Å². The lowest BCUT2D eigenvalue weighted by atomic mass is 10.3. The molecule has 98 valence electrons. The van der Waals surface area contributed by atoms with E-state index in [1.165, 1.54) is 21.3 Å². The first-order valence-electron chi connectivity index (χ1n) is 5.94. The lowest BCUT2D eigenvalue weighted by molar-refractivity contribution is 0.344. The molecule has 0 aromatic carbocycles. The molecule has 0 saturated heterocycles. The van der Waals surface area contributed by atoms with Gasteiger partial charge in [-0.3, -0.25) is 0 Å². The molecule has 0 amide bonds. The van der Waals surface area contributed by atoms with Gasteiger partial charge in [0.2, 0.25) is 0 Å². The van der Waals surface area contributed by atoms with Crippen molar-refractivity contribution in [3.63, 3.8) is 0 Å². The highest BCUT2D eigenvalue weighted by Gasteiger charge is 2.12. The predicted molar refractivity (Wildman–Crippen MR) is 78.7 cm³/mol. The van der Waals surface area contributed by atoms with Crippen molar-refractivity contribution < 1.29 is 4.74 Å².